The number of thiazole rings is 1. The molecule has 1 atom stereocenters. The van der Waals surface area contributed by atoms with Crippen molar-refractivity contribution >= 4 is 22.9 Å². The van der Waals surface area contributed by atoms with Gasteiger partial charge in [-0.15, -0.1) is 11.3 Å². The summed E-state index contributed by atoms with van der Waals surface area (Å²) in [4.78, 5) is 5.76. The Balaban J connectivity index is 2.01. The normalized spacial score (nSPS) is 12.4. The van der Waals surface area contributed by atoms with Gasteiger partial charge < -0.3 is 10.1 Å². The Labute approximate surface area is 129 Å². The summed E-state index contributed by atoms with van der Waals surface area (Å²) in [5.74, 6) is 0.706. The molecule has 0 saturated heterocycles. The molecule has 1 aromatic carbocycles. The molecule has 0 spiro atoms. The number of methoxy groups -OCH3 is 1. The Hall–Kier alpha value is -1.10. The van der Waals surface area contributed by atoms with Crippen molar-refractivity contribution in [3.63, 3.8) is 0 Å². The van der Waals surface area contributed by atoms with Crippen LogP contribution in [0.5, 0.6) is 5.75 Å². The molecule has 0 fully saturated rings. The van der Waals surface area contributed by atoms with Gasteiger partial charge >= 0.3 is 0 Å². The highest BCUT2D eigenvalue weighted by molar-refractivity contribution is 7.11. The van der Waals surface area contributed by atoms with Gasteiger partial charge in [-0.25, -0.2) is 4.98 Å². The number of ether oxygens (including phenoxy) is 1. The number of nitrogens with zero attached hydrogens (tertiary/aromatic N) is 1. The molecule has 1 aromatic heterocycles. The molecule has 3 nitrogen and oxygen atoms in total. The molecule has 5 heteroatoms. The van der Waals surface area contributed by atoms with Gasteiger partial charge in [0.15, 0.2) is 0 Å². The van der Waals surface area contributed by atoms with E-state index in [4.69, 9.17) is 16.3 Å². The topological polar surface area (TPSA) is 34.1 Å². The number of hydrogen-bond donors (Lipinski definition) is 1. The average Bonchev–Trinajstić information content (AvgIpc) is 2.75. The molecular weight excluding hydrogens is 292 g/mol. The van der Waals surface area contributed by atoms with Gasteiger partial charge in [-0.3, -0.25) is 0 Å². The second-order valence-corrected chi connectivity index (χ2v) is 6.40. The monoisotopic (exact) mass is 310 g/mol. The van der Waals surface area contributed by atoms with E-state index in [1.54, 1.807) is 18.4 Å². The molecule has 1 unspecified atom stereocenters. The maximum atomic E-state index is 6.13. The maximum Gasteiger partial charge on any atom is 0.137 e. The minimum atomic E-state index is 0.280. The summed E-state index contributed by atoms with van der Waals surface area (Å²) in [6.07, 6.45) is 0. The number of benzene rings is 1. The lowest BCUT2D eigenvalue weighted by Crippen LogP contribution is -2.17. The van der Waals surface area contributed by atoms with Gasteiger partial charge in [-0.1, -0.05) is 17.7 Å². The van der Waals surface area contributed by atoms with Crippen LogP contribution in [0, 0.1) is 13.8 Å². The van der Waals surface area contributed by atoms with E-state index < -0.39 is 0 Å². The highest BCUT2D eigenvalue weighted by Crippen LogP contribution is 2.27. The van der Waals surface area contributed by atoms with Crippen LogP contribution in [0.3, 0.4) is 0 Å². The predicted octanol–water partition coefficient (Wildman–Crippen LogP) is 4.27. The summed E-state index contributed by atoms with van der Waals surface area (Å²) in [6, 6.07) is 6.13. The summed E-state index contributed by atoms with van der Waals surface area (Å²) in [5.41, 5.74) is 2.25. The molecule has 2 rings (SSSR count). The predicted molar refractivity (Wildman–Crippen MR) is 84.8 cm³/mol. The summed E-state index contributed by atoms with van der Waals surface area (Å²) in [6.45, 7) is 7.02. The third-order valence-electron chi connectivity index (χ3n) is 3.16. The van der Waals surface area contributed by atoms with Crippen molar-refractivity contribution in [3.8, 4) is 5.75 Å². The zero-order valence-electron chi connectivity index (χ0n) is 12.2. The zero-order valence-corrected chi connectivity index (χ0v) is 13.7. The molecule has 0 aliphatic rings. The Morgan fingerprint density at radius 1 is 1.40 bits per heavy atom. The van der Waals surface area contributed by atoms with Gasteiger partial charge in [0.1, 0.15) is 5.75 Å². The summed E-state index contributed by atoms with van der Waals surface area (Å²) >= 11 is 7.88. The van der Waals surface area contributed by atoms with Crippen LogP contribution in [0.1, 0.15) is 34.1 Å². The lowest BCUT2D eigenvalue weighted by Gasteiger charge is -2.13. The van der Waals surface area contributed by atoms with Crippen LogP contribution in [0.2, 0.25) is 5.02 Å². The first-order chi connectivity index (χ1) is 9.51. The minimum absolute atomic E-state index is 0.280. The average molecular weight is 311 g/mol. The minimum Gasteiger partial charge on any atom is -0.495 e. The second kappa shape index (κ2) is 6.57. The number of halogens is 1. The third-order valence-corrected chi connectivity index (χ3v) is 4.71. The Bertz CT molecular complexity index is 598. The van der Waals surface area contributed by atoms with Crippen LogP contribution < -0.4 is 10.1 Å². The highest BCUT2D eigenvalue weighted by Gasteiger charge is 2.12. The maximum absolute atomic E-state index is 6.13. The molecular formula is C15H19ClN2OS. The first kappa shape index (κ1) is 15.3. The van der Waals surface area contributed by atoms with Crippen molar-refractivity contribution in [2.45, 2.75) is 33.4 Å². The standard InChI is InChI=1S/C15H19ClN2OS/c1-9(15-10(2)18-11(3)20-15)17-8-12-5-6-14(19-4)13(16)7-12/h5-7,9,17H,8H2,1-4H3. The fraction of sp³-hybridized carbons (Fsp3) is 0.400. The van der Waals surface area contributed by atoms with Crippen molar-refractivity contribution in [2.24, 2.45) is 0 Å². The van der Waals surface area contributed by atoms with E-state index in [1.165, 1.54) is 4.88 Å². The number of aromatic nitrogens is 1. The lowest BCUT2D eigenvalue weighted by atomic mass is 10.2. The summed E-state index contributed by atoms with van der Waals surface area (Å²) < 4.78 is 5.15. The van der Waals surface area contributed by atoms with Crippen LogP contribution in [0.4, 0.5) is 0 Å². The quantitative estimate of drug-likeness (QED) is 0.895. The lowest BCUT2D eigenvalue weighted by molar-refractivity contribution is 0.415. The van der Waals surface area contributed by atoms with Crippen LogP contribution in [0.25, 0.3) is 0 Å². The van der Waals surface area contributed by atoms with Gasteiger partial charge in [0.2, 0.25) is 0 Å². The van der Waals surface area contributed by atoms with Gasteiger partial charge in [-0.05, 0) is 38.5 Å². The van der Waals surface area contributed by atoms with E-state index in [9.17, 15) is 0 Å². The van der Waals surface area contributed by atoms with E-state index in [1.807, 2.05) is 25.1 Å². The largest absolute Gasteiger partial charge is 0.495 e. The Morgan fingerprint density at radius 2 is 2.15 bits per heavy atom. The fourth-order valence-electron chi connectivity index (χ4n) is 2.13. The zero-order chi connectivity index (χ0) is 14.7. The smallest absolute Gasteiger partial charge is 0.137 e. The summed E-state index contributed by atoms with van der Waals surface area (Å²) in [5, 5.41) is 5.26. The van der Waals surface area contributed by atoms with Crippen molar-refractivity contribution < 1.29 is 4.74 Å². The van der Waals surface area contributed by atoms with Gasteiger partial charge in [0, 0.05) is 17.5 Å². The summed E-state index contributed by atoms with van der Waals surface area (Å²) in [7, 11) is 1.62. The molecule has 0 aliphatic heterocycles. The van der Waals surface area contributed by atoms with Gasteiger partial charge in [-0.2, -0.15) is 0 Å². The van der Waals surface area contributed by atoms with E-state index in [0.717, 1.165) is 22.8 Å². The number of hydrogen-bond acceptors (Lipinski definition) is 4. The highest BCUT2D eigenvalue weighted by atomic mass is 35.5. The van der Waals surface area contributed by atoms with Crippen LogP contribution in [-0.4, -0.2) is 12.1 Å². The molecule has 0 aliphatic carbocycles. The van der Waals surface area contributed by atoms with Crippen LogP contribution >= 0.6 is 22.9 Å². The number of aryl methyl sites for hydroxylation is 2. The molecule has 20 heavy (non-hydrogen) atoms. The SMILES string of the molecule is COc1ccc(CNC(C)c2sc(C)nc2C)cc1Cl. The Morgan fingerprint density at radius 3 is 2.70 bits per heavy atom. The molecule has 2 aromatic rings. The molecule has 0 bridgehead atoms. The van der Waals surface area contributed by atoms with Crippen LogP contribution in [0.15, 0.2) is 18.2 Å². The molecule has 108 valence electrons. The Kier molecular flexibility index (Phi) is 5.02. The first-order valence-corrected chi connectivity index (χ1v) is 7.70. The van der Waals surface area contributed by atoms with Crippen molar-refractivity contribution in [1.29, 1.82) is 0 Å². The molecule has 1 heterocycles. The molecule has 0 saturated carbocycles. The van der Waals surface area contributed by atoms with Crippen molar-refractivity contribution in [2.75, 3.05) is 7.11 Å². The van der Waals surface area contributed by atoms with E-state index in [0.29, 0.717) is 10.8 Å². The van der Waals surface area contributed by atoms with Crippen molar-refractivity contribution in [1.82, 2.24) is 10.3 Å². The van der Waals surface area contributed by atoms with Crippen molar-refractivity contribution in [3.05, 3.63) is 44.4 Å². The van der Waals surface area contributed by atoms with Gasteiger partial charge in [0.05, 0.1) is 22.8 Å². The second-order valence-electron chi connectivity index (χ2n) is 4.75. The molecule has 1 N–H and O–H groups in total. The molecule has 0 radical (unpaired) electrons. The number of nitrogens with one attached hydrogen (secondary N) is 1. The first-order valence-electron chi connectivity index (χ1n) is 6.51. The van der Waals surface area contributed by atoms with E-state index in [-0.39, 0.29) is 6.04 Å². The number of rotatable bonds is 5. The van der Waals surface area contributed by atoms with E-state index >= 15 is 0 Å². The van der Waals surface area contributed by atoms with Gasteiger partial charge in [0.25, 0.3) is 0 Å². The fourth-order valence-corrected chi connectivity index (χ4v) is 3.37. The third kappa shape index (κ3) is 3.51. The van der Waals surface area contributed by atoms with Crippen LogP contribution in [-0.2, 0) is 6.54 Å². The molecule has 0 amide bonds. The van der Waals surface area contributed by atoms with E-state index in [2.05, 4.69) is 24.1 Å².